The number of hydrogen-bond donors (Lipinski definition) is 1. The summed E-state index contributed by atoms with van der Waals surface area (Å²) in [5.41, 5.74) is 2.71. The van der Waals surface area contributed by atoms with Crippen molar-refractivity contribution in [2.75, 3.05) is 19.5 Å². The molecule has 20 heavy (non-hydrogen) atoms. The molecule has 0 saturated carbocycles. The van der Waals surface area contributed by atoms with E-state index in [4.69, 9.17) is 9.47 Å². The zero-order valence-electron chi connectivity index (χ0n) is 11.8. The Labute approximate surface area is 118 Å². The molecular formula is C16H17NO3. The number of methoxy groups -OCH3 is 2. The SMILES string of the molecule is COc1cc(OC)cc(-c2cccc(NC(C)=O)c2)c1. The molecule has 2 aromatic rings. The van der Waals surface area contributed by atoms with Gasteiger partial charge in [0.25, 0.3) is 0 Å². The van der Waals surface area contributed by atoms with Crippen LogP contribution in [0.3, 0.4) is 0 Å². The van der Waals surface area contributed by atoms with Gasteiger partial charge < -0.3 is 14.8 Å². The van der Waals surface area contributed by atoms with E-state index >= 15 is 0 Å². The molecule has 0 saturated heterocycles. The van der Waals surface area contributed by atoms with Gasteiger partial charge in [0.2, 0.25) is 5.91 Å². The Hall–Kier alpha value is -2.49. The van der Waals surface area contributed by atoms with Gasteiger partial charge in [-0.1, -0.05) is 12.1 Å². The highest BCUT2D eigenvalue weighted by Gasteiger charge is 2.05. The molecule has 2 aromatic carbocycles. The molecule has 0 spiro atoms. The zero-order chi connectivity index (χ0) is 14.5. The van der Waals surface area contributed by atoms with Crippen LogP contribution in [0.5, 0.6) is 11.5 Å². The van der Waals surface area contributed by atoms with Gasteiger partial charge in [-0.3, -0.25) is 4.79 Å². The summed E-state index contributed by atoms with van der Waals surface area (Å²) >= 11 is 0. The van der Waals surface area contributed by atoms with Crippen molar-refractivity contribution in [3.63, 3.8) is 0 Å². The lowest BCUT2D eigenvalue weighted by atomic mass is 10.0. The van der Waals surface area contributed by atoms with Crippen LogP contribution in [0, 0.1) is 0 Å². The molecule has 1 amide bonds. The molecule has 4 heteroatoms. The number of hydrogen-bond acceptors (Lipinski definition) is 3. The van der Waals surface area contributed by atoms with Gasteiger partial charge in [-0.25, -0.2) is 0 Å². The second-order valence-corrected chi connectivity index (χ2v) is 4.36. The number of amides is 1. The summed E-state index contributed by atoms with van der Waals surface area (Å²) in [6, 6.07) is 13.3. The van der Waals surface area contributed by atoms with E-state index in [-0.39, 0.29) is 5.91 Å². The van der Waals surface area contributed by atoms with Crippen molar-refractivity contribution in [2.24, 2.45) is 0 Å². The lowest BCUT2D eigenvalue weighted by Gasteiger charge is -2.10. The van der Waals surface area contributed by atoms with Gasteiger partial charge in [0, 0.05) is 18.7 Å². The average molecular weight is 271 g/mol. The van der Waals surface area contributed by atoms with E-state index in [1.165, 1.54) is 6.92 Å². The number of carbonyl (C=O) groups excluding carboxylic acids is 1. The first-order valence-electron chi connectivity index (χ1n) is 6.23. The molecule has 0 unspecified atom stereocenters. The fraction of sp³-hybridized carbons (Fsp3) is 0.188. The van der Waals surface area contributed by atoms with Crippen molar-refractivity contribution in [3.05, 3.63) is 42.5 Å². The third-order valence-corrected chi connectivity index (χ3v) is 2.87. The summed E-state index contributed by atoms with van der Waals surface area (Å²) in [5, 5.41) is 2.77. The van der Waals surface area contributed by atoms with E-state index in [1.54, 1.807) is 14.2 Å². The quantitative estimate of drug-likeness (QED) is 0.927. The number of ether oxygens (including phenoxy) is 2. The Bertz CT molecular complexity index is 601. The Balaban J connectivity index is 2.42. The summed E-state index contributed by atoms with van der Waals surface area (Å²) < 4.78 is 10.5. The average Bonchev–Trinajstić information content (AvgIpc) is 2.46. The monoisotopic (exact) mass is 271 g/mol. The van der Waals surface area contributed by atoms with Gasteiger partial charge >= 0.3 is 0 Å². The zero-order valence-corrected chi connectivity index (χ0v) is 11.8. The summed E-state index contributed by atoms with van der Waals surface area (Å²) in [6.45, 7) is 1.49. The van der Waals surface area contributed by atoms with Gasteiger partial charge in [-0.2, -0.15) is 0 Å². The van der Waals surface area contributed by atoms with E-state index in [0.717, 1.165) is 28.3 Å². The van der Waals surface area contributed by atoms with Gasteiger partial charge in [0.1, 0.15) is 11.5 Å². The van der Waals surface area contributed by atoms with E-state index < -0.39 is 0 Å². The van der Waals surface area contributed by atoms with Crippen LogP contribution in [-0.2, 0) is 4.79 Å². The largest absolute Gasteiger partial charge is 0.497 e. The second kappa shape index (κ2) is 6.10. The molecule has 0 aliphatic rings. The molecular weight excluding hydrogens is 254 g/mol. The molecule has 0 fully saturated rings. The molecule has 0 bridgehead atoms. The predicted octanol–water partition coefficient (Wildman–Crippen LogP) is 3.33. The number of carbonyl (C=O) groups is 1. The van der Waals surface area contributed by atoms with Crippen molar-refractivity contribution in [1.29, 1.82) is 0 Å². The summed E-state index contributed by atoms with van der Waals surface area (Å²) in [7, 11) is 3.23. The van der Waals surface area contributed by atoms with E-state index in [9.17, 15) is 4.79 Å². The Kier molecular flexibility index (Phi) is 4.25. The molecule has 104 valence electrons. The highest BCUT2D eigenvalue weighted by Crippen LogP contribution is 2.30. The Morgan fingerprint density at radius 1 is 0.950 bits per heavy atom. The molecule has 0 aliphatic heterocycles. The van der Waals surface area contributed by atoms with E-state index in [2.05, 4.69) is 5.32 Å². The van der Waals surface area contributed by atoms with Gasteiger partial charge in [-0.15, -0.1) is 0 Å². The van der Waals surface area contributed by atoms with Crippen LogP contribution in [-0.4, -0.2) is 20.1 Å². The predicted molar refractivity (Wildman–Crippen MR) is 79.3 cm³/mol. The fourth-order valence-corrected chi connectivity index (χ4v) is 1.95. The first-order chi connectivity index (χ1) is 9.62. The molecule has 0 aliphatic carbocycles. The second-order valence-electron chi connectivity index (χ2n) is 4.36. The van der Waals surface area contributed by atoms with Crippen LogP contribution in [0.15, 0.2) is 42.5 Å². The first-order valence-corrected chi connectivity index (χ1v) is 6.23. The van der Waals surface area contributed by atoms with Crippen LogP contribution < -0.4 is 14.8 Å². The summed E-state index contributed by atoms with van der Waals surface area (Å²) in [6.07, 6.45) is 0. The molecule has 2 rings (SSSR count). The van der Waals surface area contributed by atoms with Crippen LogP contribution in [0.2, 0.25) is 0 Å². The van der Waals surface area contributed by atoms with E-state index in [1.807, 2.05) is 42.5 Å². The van der Waals surface area contributed by atoms with Crippen LogP contribution in [0.25, 0.3) is 11.1 Å². The normalized spacial score (nSPS) is 9.95. The van der Waals surface area contributed by atoms with Crippen LogP contribution in [0.1, 0.15) is 6.92 Å². The standard InChI is InChI=1S/C16H17NO3/c1-11(18)17-14-6-4-5-12(7-14)13-8-15(19-2)10-16(9-13)20-3/h4-10H,1-3H3,(H,17,18). The maximum absolute atomic E-state index is 11.1. The van der Waals surface area contributed by atoms with Crippen molar-refractivity contribution < 1.29 is 14.3 Å². The highest BCUT2D eigenvalue weighted by molar-refractivity contribution is 5.89. The van der Waals surface area contributed by atoms with Crippen molar-refractivity contribution in [2.45, 2.75) is 6.92 Å². The van der Waals surface area contributed by atoms with Gasteiger partial charge in [0.05, 0.1) is 14.2 Å². The number of benzene rings is 2. The van der Waals surface area contributed by atoms with Crippen molar-refractivity contribution >= 4 is 11.6 Å². The molecule has 1 N–H and O–H groups in total. The summed E-state index contributed by atoms with van der Waals surface area (Å²) in [4.78, 5) is 11.1. The third kappa shape index (κ3) is 3.29. The van der Waals surface area contributed by atoms with Crippen LogP contribution >= 0.6 is 0 Å². The minimum atomic E-state index is -0.0922. The first kappa shape index (κ1) is 13.9. The topological polar surface area (TPSA) is 47.6 Å². The Morgan fingerprint density at radius 3 is 2.15 bits per heavy atom. The lowest BCUT2D eigenvalue weighted by Crippen LogP contribution is -2.05. The van der Waals surface area contributed by atoms with Gasteiger partial charge in [0.15, 0.2) is 0 Å². The molecule has 4 nitrogen and oxygen atoms in total. The van der Waals surface area contributed by atoms with Crippen molar-refractivity contribution in [1.82, 2.24) is 0 Å². The van der Waals surface area contributed by atoms with Crippen LogP contribution in [0.4, 0.5) is 5.69 Å². The smallest absolute Gasteiger partial charge is 0.221 e. The number of nitrogens with one attached hydrogen (secondary N) is 1. The number of rotatable bonds is 4. The molecule has 0 aromatic heterocycles. The molecule has 0 heterocycles. The third-order valence-electron chi connectivity index (χ3n) is 2.87. The molecule has 0 atom stereocenters. The lowest BCUT2D eigenvalue weighted by molar-refractivity contribution is -0.114. The highest BCUT2D eigenvalue weighted by atomic mass is 16.5. The minimum Gasteiger partial charge on any atom is -0.497 e. The Morgan fingerprint density at radius 2 is 1.60 bits per heavy atom. The maximum Gasteiger partial charge on any atom is 0.221 e. The number of anilines is 1. The summed E-state index contributed by atoms with van der Waals surface area (Å²) in [5.74, 6) is 1.36. The molecule has 0 radical (unpaired) electrons. The van der Waals surface area contributed by atoms with Crippen molar-refractivity contribution in [3.8, 4) is 22.6 Å². The maximum atomic E-state index is 11.1. The van der Waals surface area contributed by atoms with Gasteiger partial charge in [-0.05, 0) is 35.4 Å². The van der Waals surface area contributed by atoms with E-state index in [0.29, 0.717) is 0 Å². The fourth-order valence-electron chi connectivity index (χ4n) is 1.95. The minimum absolute atomic E-state index is 0.0922.